The van der Waals surface area contributed by atoms with Crippen molar-refractivity contribution in [3.8, 4) is 17.5 Å². The number of nitrogens with zero attached hydrogens (tertiary/aromatic N) is 2. The number of hydrogen-bond donors (Lipinski definition) is 2. The zero-order chi connectivity index (χ0) is 26.8. The predicted octanol–water partition coefficient (Wildman–Crippen LogP) is 3.61. The van der Waals surface area contributed by atoms with Crippen molar-refractivity contribution < 1.29 is 33.3 Å². The Kier molecular flexibility index (Phi) is 9.50. The Morgan fingerprint density at radius 3 is 2.32 bits per heavy atom. The van der Waals surface area contributed by atoms with Crippen LogP contribution in [0.4, 0.5) is 11.5 Å². The van der Waals surface area contributed by atoms with Crippen LogP contribution in [-0.2, 0) is 25.5 Å². The summed E-state index contributed by atoms with van der Waals surface area (Å²) in [5, 5.41) is 5.38. The molecule has 0 aliphatic carbocycles. The monoisotopic (exact) mass is 508 g/mol. The Morgan fingerprint density at radius 1 is 0.973 bits per heavy atom. The normalized spacial score (nSPS) is 11.2. The summed E-state index contributed by atoms with van der Waals surface area (Å²) in [5.74, 6) is -0.00816. The topological polar surface area (TPSA) is 138 Å². The van der Waals surface area contributed by atoms with Crippen LogP contribution in [0.3, 0.4) is 0 Å². The molecule has 0 bridgehead atoms. The predicted molar refractivity (Wildman–Crippen MR) is 135 cm³/mol. The smallest absolute Gasteiger partial charge is 0.310 e. The lowest BCUT2D eigenvalue weighted by atomic mass is 10.2. The molecule has 37 heavy (non-hydrogen) atoms. The minimum absolute atomic E-state index is 0.0783. The average molecular weight is 509 g/mol. The third-order valence-corrected chi connectivity index (χ3v) is 4.80. The van der Waals surface area contributed by atoms with Crippen molar-refractivity contribution in [1.29, 1.82) is 0 Å². The number of carbonyl (C=O) groups is 3. The van der Waals surface area contributed by atoms with Crippen molar-refractivity contribution in [2.75, 3.05) is 31.5 Å². The Morgan fingerprint density at radius 2 is 1.70 bits per heavy atom. The van der Waals surface area contributed by atoms with Gasteiger partial charge in [0, 0.05) is 38.1 Å². The van der Waals surface area contributed by atoms with E-state index in [-0.39, 0.29) is 41.7 Å². The molecule has 0 saturated carbocycles. The number of ether oxygens (including phenoxy) is 4. The van der Waals surface area contributed by atoms with E-state index in [0.717, 1.165) is 0 Å². The molecular formula is C26H28N4O7. The molecule has 0 unspecified atom stereocenters. The molecule has 0 spiro atoms. The SMILES string of the molecule is COC[C@@H](C)Oc1cc(C(=O)Nc2ccc(CC(=O)OC)cn2)cc(Oc2ccc(NC(C)=O)cc2)n1. The molecule has 194 valence electrons. The molecule has 0 radical (unpaired) electrons. The van der Waals surface area contributed by atoms with Crippen molar-refractivity contribution in [2.45, 2.75) is 26.4 Å². The highest BCUT2D eigenvalue weighted by Gasteiger charge is 2.15. The fourth-order valence-corrected chi connectivity index (χ4v) is 3.16. The van der Waals surface area contributed by atoms with Gasteiger partial charge in [-0.25, -0.2) is 4.98 Å². The maximum absolute atomic E-state index is 13.0. The van der Waals surface area contributed by atoms with Crippen LogP contribution in [0.2, 0.25) is 0 Å². The largest absolute Gasteiger partial charge is 0.472 e. The summed E-state index contributed by atoms with van der Waals surface area (Å²) < 4.78 is 21.4. The zero-order valence-electron chi connectivity index (χ0n) is 20.9. The Bertz CT molecular complexity index is 1230. The van der Waals surface area contributed by atoms with E-state index in [1.165, 1.54) is 32.4 Å². The molecule has 2 heterocycles. The first-order valence-corrected chi connectivity index (χ1v) is 11.3. The highest BCUT2D eigenvalue weighted by Crippen LogP contribution is 2.26. The number of benzene rings is 1. The molecule has 11 heteroatoms. The van der Waals surface area contributed by atoms with E-state index in [1.807, 2.05) is 0 Å². The number of aromatic nitrogens is 2. The summed E-state index contributed by atoms with van der Waals surface area (Å²) in [5.41, 5.74) is 1.49. The van der Waals surface area contributed by atoms with Crippen LogP contribution in [-0.4, -0.2) is 54.7 Å². The second-order valence-corrected chi connectivity index (χ2v) is 7.98. The van der Waals surface area contributed by atoms with Gasteiger partial charge in [0.05, 0.1) is 25.7 Å². The van der Waals surface area contributed by atoms with Gasteiger partial charge in [-0.3, -0.25) is 14.4 Å². The van der Waals surface area contributed by atoms with Crippen molar-refractivity contribution in [1.82, 2.24) is 9.97 Å². The van der Waals surface area contributed by atoms with Gasteiger partial charge in [0.1, 0.15) is 17.7 Å². The Hall–Kier alpha value is -4.51. The van der Waals surface area contributed by atoms with Gasteiger partial charge in [-0.15, -0.1) is 0 Å². The zero-order valence-corrected chi connectivity index (χ0v) is 20.9. The third kappa shape index (κ3) is 8.58. The Balaban J connectivity index is 1.80. The number of anilines is 2. The Labute approximate surface area is 214 Å². The van der Waals surface area contributed by atoms with E-state index in [4.69, 9.17) is 14.2 Å². The minimum Gasteiger partial charge on any atom is -0.472 e. The molecule has 3 rings (SSSR count). The fraction of sp³-hybridized carbons (Fsp3) is 0.269. The van der Waals surface area contributed by atoms with Gasteiger partial charge >= 0.3 is 5.97 Å². The number of rotatable bonds is 11. The van der Waals surface area contributed by atoms with E-state index in [2.05, 4.69) is 25.3 Å². The minimum atomic E-state index is -0.467. The number of esters is 1. The number of carbonyl (C=O) groups excluding carboxylic acids is 3. The van der Waals surface area contributed by atoms with E-state index >= 15 is 0 Å². The third-order valence-electron chi connectivity index (χ3n) is 4.80. The molecule has 2 amide bonds. The van der Waals surface area contributed by atoms with Crippen LogP contribution in [0.15, 0.2) is 54.7 Å². The molecule has 2 N–H and O–H groups in total. The lowest BCUT2D eigenvalue weighted by Crippen LogP contribution is -2.19. The highest BCUT2D eigenvalue weighted by atomic mass is 16.5. The molecule has 0 fully saturated rings. The first-order valence-electron chi connectivity index (χ1n) is 11.3. The van der Waals surface area contributed by atoms with Crippen LogP contribution in [0, 0.1) is 0 Å². The first kappa shape index (κ1) is 27.1. The highest BCUT2D eigenvalue weighted by molar-refractivity contribution is 6.04. The van der Waals surface area contributed by atoms with Crippen molar-refractivity contribution in [3.63, 3.8) is 0 Å². The maximum atomic E-state index is 13.0. The van der Waals surface area contributed by atoms with Crippen LogP contribution in [0.1, 0.15) is 29.8 Å². The molecule has 3 aromatic rings. The first-order chi connectivity index (χ1) is 17.7. The lowest BCUT2D eigenvalue weighted by molar-refractivity contribution is -0.139. The summed E-state index contributed by atoms with van der Waals surface area (Å²) >= 11 is 0. The van der Waals surface area contributed by atoms with Gasteiger partial charge in [0.25, 0.3) is 5.91 Å². The summed E-state index contributed by atoms with van der Waals surface area (Å²) in [7, 11) is 2.87. The fourth-order valence-electron chi connectivity index (χ4n) is 3.16. The van der Waals surface area contributed by atoms with E-state index in [1.54, 1.807) is 50.4 Å². The lowest BCUT2D eigenvalue weighted by Gasteiger charge is -2.15. The van der Waals surface area contributed by atoms with Crippen LogP contribution in [0.25, 0.3) is 0 Å². The van der Waals surface area contributed by atoms with Gasteiger partial charge in [-0.1, -0.05) is 6.07 Å². The number of amides is 2. The van der Waals surface area contributed by atoms with Gasteiger partial charge in [0.15, 0.2) is 0 Å². The molecule has 0 aliphatic rings. The van der Waals surface area contributed by atoms with Gasteiger partial charge in [-0.05, 0) is 42.8 Å². The van der Waals surface area contributed by atoms with Crippen LogP contribution in [0.5, 0.6) is 17.5 Å². The van der Waals surface area contributed by atoms with Gasteiger partial charge < -0.3 is 29.6 Å². The molecule has 0 saturated heterocycles. The molecule has 2 aromatic heterocycles. The van der Waals surface area contributed by atoms with Crippen LogP contribution >= 0.6 is 0 Å². The number of hydrogen-bond acceptors (Lipinski definition) is 9. The average Bonchev–Trinajstić information content (AvgIpc) is 2.86. The van der Waals surface area contributed by atoms with Crippen molar-refractivity contribution >= 4 is 29.3 Å². The van der Waals surface area contributed by atoms with E-state index in [9.17, 15) is 14.4 Å². The van der Waals surface area contributed by atoms with Gasteiger partial charge in [-0.2, -0.15) is 4.98 Å². The number of pyridine rings is 2. The summed E-state index contributed by atoms with van der Waals surface area (Å²) in [6, 6.07) is 12.9. The van der Waals surface area contributed by atoms with E-state index in [0.29, 0.717) is 29.4 Å². The van der Waals surface area contributed by atoms with E-state index < -0.39 is 5.91 Å². The number of methoxy groups -OCH3 is 2. The standard InChI is InChI=1S/C26H28N4O7/c1-16(15-34-3)36-23-12-19(26(33)29-22-10-5-18(14-27-22)11-25(32)35-4)13-24(30-23)37-21-8-6-20(7-9-21)28-17(2)31/h5-10,12-14,16H,11,15H2,1-4H3,(H,28,31)(H,27,29,33)/t16-/m1/s1. The van der Waals surface area contributed by atoms with Crippen LogP contribution < -0.4 is 20.1 Å². The van der Waals surface area contributed by atoms with Crippen molar-refractivity contribution in [2.24, 2.45) is 0 Å². The second-order valence-electron chi connectivity index (χ2n) is 7.98. The molecular weight excluding hydrogens is 480 g/mol. The summed E-state index contributed by atoms with van der Waals surface area (Å²) in [4.78, 5) is 44.2. The molecule has 1 atom stereocenters. The quantitative estimate of drug-likeness (QED) is 0.372. The molecule has 1 aromatic carbocycles. The van der Waals surface area contributed by atoms with Gasteiger partial charge in [0.2, 0.25) is 17.7 Å². The summed E-state index contributed by atoms with van der Waals surface area (Å²) in [6.45, 7) is 3.54. The maximum Gasteiger partial charge on any atom is 0.310 e. The molecule has 0 aliphatic heterocycles. The van der Waals surface area contributed by atoms with Crippen molar-refractivity contribution in [3.05, 3.63) is 65.9 Å². The second kappa shape index (κ2) is 13.0. The number of nitrogens with one attached hydrogen (secondary N) is 2. The molecule has 11 nitrogen and oxygen atoms in total. The summed E-state index contributed by atoms with van der Waals surface area (Å²) in [6.07, 6.45) is 1.23.